The van der Waals surface area contributed by atoms with Crippen molar-refractivity contribution in [3.63, 3.8) is 0 Å². The zero-order chi connectivity index (χ0) is 20.4. The summed E-state index contributed by atoms with van der Waals surface area (Å²) < 4.78 is 1.93. The fourth-order valence-corrected chi connectivity index (χ4v) is 3.04. The molecule has 4 rings (SSSR count). The van der Waals surface area contributed by atoms with Crippen molar-refractivity contribution in [3.05, 3.63) is 78.4 Å². The van der Waals surface area contributed by atoms with Crippen LogP contribution in [0.1, 0.15) is 46.3 Å². The third-order valence-corrected chi connectivity index (χ3v) is 4.45. The Bertz CT molecular complexity index is 1200. The molecule has 0 aliphatic rings. The molecule has 0 spiro atoms. The molecule has 0 aromatic carbocycles. The lowest BCUT2D eigenvalue weighted by atomic mass is 10.1. The van der Waals surface area contributed by atoms with Crippen molar-refractivity contribution in [2.45, 2.75) is 19.9 Å². The van der Waals surface area contributed by atoms with E-state index >= 15 is 0 Å². The lowest BCUT2D eigenvalue weighted by Gasteiger charge is -2.07. The Labute approximate surface area is 166 Å². The van der Waals surface area contributed by atoms with Crippen LogP contribution in [-0.4, -0.2) is 36.2 Å². The summed E-state index contributed by atoms with van der Waals surface area (Å²) in [5.74, 6) is -0.590. The third kappa shape index (κ3) is 3.60. The molecule has 0 aliphatic heterocycles. The minimum atomic E-state index is -0.373. The van der Waals surface area contributed by atoms with Gasteiger partial charge in [0.2, 0.25) is 0 Å². The van der Waals surface area contributed by atoms with E-state index in [1.165, 1.54) is 18.7 Å². The minimum absolute atomic E-state index is 0.135. The quantitative estimate of drug-likeness (QED) is 0.528. The number of nitrogens with one attached hydrogen (secondary N) is 1. The van der Waals surface area contributed by atoms with Crippen LogP contribution < -0.4 is 5.32 Å². The maximum atomic E-state index is 13.2. The van der Waals surface area contributed by atoms with Gasteiger partial charge >= 0.3 is 0 Å². The number of fused-ring (bicyclic) bond motifs is 1. The van der Waals surface area contributed by atoms with Gasteiger partial charge in [-0.05, 0) is 32.0 Å². The molecular weight excluding hydrogens is 368 g/mol. The molecule has 4 aromatic rings. The predicted molar refractivity (Wildman–Crippen MR) is 108 cm³/mol. The maximum absolute atomic E-state index is 13.2. The standard InChI is InChI=1S/C21H18N6O2/c1-13(2)27-11-17(16-10-23-12-25-20(16)27)19(28)14-7-15(9-22-8-14)26-21(29)18-5-3-4-6-24-18/h3-13H,1-2H3,(H,26,29). The fraction of sp³-hybridized carbons (Fsp3) is 0.143. The van der Waals surface area contributed by atoms with Crippen LogP contribution in [0.25, 0.3) is 11.0 Å². The average molecular weight is 386 g/mol. The first kappa shape index (κ1) is 18.4. The van der Waals surface area contributed by atoms with Crippen molar-refractivity contribution in [2.75, 3.05) is 5.32 Å². The van der Waals surface area contributed by atoms with Crippen molar-refractivity contribution >= 4 is 28.4 Å². The van der Waals surface area contributed by atoms with Crippen LogP contribution in [0.4, 0.5) is 5.69 Å². The highest BCUT2D eigenvalue weighted by Gasteiger charge is 2.20. The number of pyridine rings is 2. The number of carbonyl (C=O) groups excluding carboxylic acids is 2. The summed E-state index contributed by atoms with van der Waals surface area (Å²) in [6, 6.07) is 6.80. The Hall–Kier alpha value is -3.94. The van der Waals surface area contributed by atoms with E-state index in [0.717, 1.165) is 0 Å². The van der Waals surface area contributed by atoms with Crippen LogP contribution in [0.2, 0.25) is 0 Å². The topological polar surface area (TPSA) is 103 Å². The maximum Gasteiger partial charge on any atom is 0.274 e. The highest BCUT2D eigenvalue weighted by Crippen LogP contribution is 2.25. The molecule has 4 heterocycles. The molecule has 0 saturated carbocycles. The fourth-order valence-electron chi connectivity index (χ4n) is 3.04. The van der Waals surface area contributed by atoms with E-state index in [-0.39, 0.29) is 23.4 Å². The first-order chi connectivity index (χ1) is 14.0. The molecule has 1 N–H and O–H groups in total. The van der Waals surface area contributed by atoms with Gasteiger partial charge in [-0.3, -0.25) is 19.6 Å². The average Bonchev–Trinajstić information content (AvgIpc) is 3.14. The van der Waals surface area contributed by atoms with Gasteiger partial charge in [-0.2, -0.15) is 0 Å². The Morgan fingerprint density at radius 2 is 1.93 bits per heavy atom. The van der Waals surface area contributed by atoms with Crippen molar-refractivity contribution in [3.8, 4) is 0 Å². The van der Waals surface area contributed by atoms with Crippen molar-refractivity contribution in [1.82, 2.24) is 24.5 Å². The molecule has 0 radical (unpaired) electrons. The van der Waals surface area contributed by atoms with Gasteiger partial charge in [0.25, 0.3) is 5.91 Å². The van der Waals surface area contributed by atoms with Crippen molar-refractivity contribution in [1.29, 1.82) is 0 Å². The normalized spacial score (nSPS) is 11.0. The third-order valence-electron chi connectivity index (χ3n) is 4.45. The lowest BCUT2D eigenvalue weighted by Crippen LogP contribution is -2.14. The van der Waals surface area contributed by atoms with Crippen LogP contribution in [0, 0.1) is 0 Å². The molecule has 29 heavy (non-hydrogen) atoms. The number of hydrogen-bond donors (Lipinski definition) is 1. The van der Waals surface area contributed by atoms with Crippen LogP contribution in [0.5, 0.6) is 0 Å². The molecule has 4 aromatic heterocycles. The SMILES string of the molecule is CC(C)n1cc(C(=O)c2cncc(NC(=O)c3ccccn3)c2)c2cncnc21. The molecule has 0 fully saturated rings. The second-order valence-electron chi connectivity index (χ2n) is 6.76. The van der Waals surface area contributed by atoms with Crippen LogP contribution in [-0.2, 0) is 0 Å². The number of ketones is 1. The summed E-state index contributed by atoms with van der Waals surface area (Å²) in [5.41, 5.74) is 2.24. The zero-order valence-corrected chi connectivity index (χ0v) is 15.9. The largest absolute Gasteiger partial charge is 0.329 e. The van der Waals surface area contributed by atoms with Gasteiger partial charge < -0.3 is 9.88 Å². The second-order valence-corrected chi connectivity index (χ2v) is 6.76. The molecule has 8 heteroatoms. The molecule has 144 valence electrons. The van der Waals surface area contributed by atoms with Gasteiger partial charge in [-0.25, -0.2) is 9.97 Å². The zero-order valence-electron chi connectivity index (χ0n) is 15.9. The van der Waals surface area contributed by atoms with Crippen molar-refractivity contribution < 1.29 is 9.59 Å². The number of aromatic nitrogens is 5. The van der Waals surface area contributed by atoms with Crippen molar-refractivity contribution in [2.24, 2.45) is 0 Å². The summed E-state index contributed by atoms with van der Waals surface area (Å²) in [7, 11) is 0. The summed E-state index contributed by atoms with van der Waals surface area (Å²) in [6.07, 6.45) is 9.38. The van der Waals surface area contributed by atoms with Gasteiger partial charge in [0.1, 0.15) is 17.7 Å². The number of anilines is 1. The molecule has 8 nitrogen and oxygen atoms in total. The number of hydrogen-bond acceptors (Lipinski definition) is 6. The lowest BCUT2D eigenvalue weighted by molar-refractivity contribution is 0.101. The first-order valence-corrected chi connectivity index (χ1v) is 9.07. The monoisotopic (exact) mass is 386 g/mol. The van der Waals surface area contributed by atoms with Gasteiger partial charge in [0, 0.05) is 41.8 Å². The van der Waals surface area contributed by atoms with E-state index in [2.05, 4.69) is 25.3 Å². The number of rotatable bonds is 5. The first-order valence-electron chi connectivity index (χ1n) is 9.07. The highest BCUT2D eigenvalue weighted by atomic mass is 16.2. The predicted octanol–water partition coefficient (Wildman–Crippen LogP) is 3.29. The molecule has 0 unspecified atom stereocenters. The highest BCUT2D eigenvalue weighted by molar-refractivity contribution is 6.16. The van der Waals surface area contributed by atoms with E-state index in [9.17, 15) is 9.59 Å². The minimum Gasteiger partial charge on any atom is -0.329 e. The molecular formula is C21H18N6O2. The van der Waals surface area contributed by atoms with E-state index in [4.69, 9.17) is 0 Å². The van der Waals surface area contributed by atoms with Gasteiger partial charge in [0.15, 0.2) is 5.78 Å². The number of carbonyl (C=O) groups is 2. The molecule has 0 atom stereocenters. The smallest absolute Gasteiger partial charge is 0.274 e. The van der Waals surface area contributed by atoms with Crippen LogP contribution in [0.3, 0.4) is 0 Å². The Kier molecular flexibility index (Phi) is 4.82. The van der Waals surface area contributed by atoms with Gasteiger partial charge in [0.05, 0.1) is 17.4 Å². The summed E-state index contributed by atoms with van der Waals surface area (Å²) in [4.78, 5) is 42.0. The Morgan fingerprint density at radius 3 is 2.69 bits per heavy atom. The van der Waals surface area contributed by atoms with E-state index < -0.39 is 0 Å². The summed E-state index contributed by atoms with van der Waals surface area (Å²) in [6.45, 7) is 4.04. The summed E-state index contributed by atoms with van der Waals surface area (Å²) >= 11 is 0. The molecule has 1 amide bonds. The van der Waals surface area contributed by atoms with Crippen LogP contribution in [0.15, 0.2) is 61.6 Å². The number of amides is 1. The van der Waals surface area contributed by atoms with Gasteiger partial charge in [-0.15, -0.1) is 0 Å². The number of nitrogens with zero attached hydrogens (tertiary/aromatic N) is 5. The second kappa shape index (κ2) is 7.59. The van der Waals surface area contributed by atoms with Crippen LogP contribution >= 0.6 is 0 Å². The van der Waals surface area contributed by atoms with Gasteiger partial charge in [-0.1, -0.05) is 6.07 Å². The molecule has 0 saturated heterocycles. The van der Waals surface area contributed by atoms with E-state index in [0.29, 0.717) is 27.8 Å². The summed E-state index contributed by atoms with van der Waals surface area (Å²) in [5, 5.41) is 3.39. The van der Waals surface area contributed by atoms with E-state index in [1.54, 1.807) is 42.9 Å². The molecule has 0 aliphatic carbocycles. The Balaban J connectivity index is 1.66. The Morgan fingerprint density at radius 1 is 1.07 bits per heavy atom. The van der Waals surface area contributed by atoms with E-state index in [1.807, 2.05) is 18.4 Å². The molecule has 0 bridgehead atoms.